The normalized spacial score (nSPS) is 25.4. The first-order valence-electron chi connectivity index (χ1n) is 10.4. The van der Waals surface area contributed by atoms with E-state index in [9.17, 15) is 9.90 Å². The van der Waals surface area contributed by atoms with Gasteiger partial charge in [-0.2, -0.15) is 0 Å². The number of nitrogens with zero attached hydrogens (tertiary/aromatic N) is 2. The van der Waals surface area contributed by atoms with Crippen molar-refractivity contribution in [3.63, 3.8) is 0 Å². The predicted octanol–water partition coefficient (Wildman–Crippen LogP) is 2.35. The molecule has 0 unspecified atom stereocenters. The average Bonchev–Trinajstić information content (AvgIpc) is 2.67. The van der Waals surface area contributed by atoms with Crippen molar-refractivity contribution < 1.29 is 9.90 Å². The molecule has 27 heavy (non-hydrogen) atoms. The topological polar surface area (TPSA) is 55.8 Å². The van der Waals surface area contributed by atoms with E-state index in [4.69, 9.17) is 0 Å². The van der Waals surface area contributed by atoms with Gasteiger partial charge in [-0.1, -0.05) is 38.1 Å². The highest BCUT2D eigenvalue weighted by atomic mass is 16.3. The van der Waals surface area contributed by atoms with Crippen molar-refractivity contribution in [2.75, 3.05) is 33.2 Å². The Morgan fingerprint density at radius 3 is 2.44 bits per heavy atom. The number of nitrogens with one attached hydrogen (secondary N) is 1. The number of amides is 1. The molecule has 2 saturated heterocycles. The highest BCUT2D eigenvalue weighted by Gasteiger charge is 2.43. The second kappa shape index (κ2) is 8.72. The zero-order chi connectivity index (χ0) is 19.4. The van der Waals surface area contributed by atoms with Gasteiger partial charge < -0.3 is 15.3 Å². The lowest BCUT2D eigenvalue weighted by atomic mass is 9.89. The van der Waals surface area contributed by atoms with Crippen LogP contribution in [0.2, 0.25) is 0 Å². The molecule has 2 N–H and O–H groups in total. The third kappa shape index (κ3) is 4.89. The van der Waals surface area contributed by atoms with Gasteiger partial charge in [-0.3, -0.25) is 9.69 Å². The molecule has 0 saturated carbocycles. The van der Waals surface area contributed by atoms with Gasteiger partial charge in [0.1, 0.15) is 0 Å². The van der Waals surface area contributed by atoms with Gasteiger partial charge in [0.2, 0.25) is 0 Å². The highest BCUT2D eigenvalue weighted by molar-refractivity contribution is 5.86. The summed E-state index contributed by atoms with van der Waals surface area (Å²) in [5, 5.41) is 14.5. The van der Waals surface area contributed by atoms with Crippen molar-refractivity contribution in [3.8, 4) is 0 Å². The molecule has 0 aliphatic carbocycles. The third-order valence-electron chi connectivity index (χ3n) is 6.20. The predicted molar refractivity (Wildman–Crippen MR) is 109 cm³/mol. The fourth-order valence-electron chi connectivity index (χ4n) is 4.34. The summed E-state index contributed by atoms with van der Waals surface area (Å²) in [7, 11) is 2.00. The van der Waals surface area contributed by atoms with Gasteiger partial charge in [0, 0.05) is 25.7 Å². The first-order valence-corrected chi connectivity index (χ1v) is 10.4. The maximum Gasteiger partial charge on any atom is 0.256 e. The summed E-state index contributed by atoms with van der Waals surface area (Å²) in [6, 6.07) is 9.07. The Labute approximate surface area is 163 Å². The fourth-order valence-corrected chi connectivity index (χ4v) is 4.34. The Hall–Kier alpha value is -1.43. The molecule has 1 aromatic rings. The van der Waals surface area contributed by atoms with Gasteiger partial charge in [-0.15, -0.1) is 0 Å². The molecule has 150 valence electrons. The fraction of sp³-hybridized carbons (Fsp3) is 0.682. The number of carbonyl (C=O) groups excluding carboxylic acids is 1. The van der Waals surface area contributed by atoms with Gasteiger partial charge >= 0.3 is 0 Å². The van der Waals surface area contributed by atoms with Crippen LogP contribution >= 0.6 is 0 Å². The number of hydrogen-bond acceptors (Lipinski definition) is 4. The van der Waals surface area contributed by atoms with Crippen molar-refractivity contribution >= 4 is 5.91 Å². The molecule has 3 rings (SSSR count). The van der Waals surface area contributed by atoms with Crippen LogP contribution in [0.5, 0.6) is 0 Å². The largest absolute Gasteiger partial charge is 0.379 e. The number of rotatable bonds is 6. The molecule has 2 fully saturated rings. The van der Waals surface area contributed by atoms with Crippen LogP contribution in [0.15, 0.2) is 24.3 Å². The smallest absolute Gasteiger partial charge is 0.256 e. The van der Waals surface area contributed by atoms with Crippen LogP contribution in [0.3, 0.4) is 0 Å². The van der Waals surface area contributed by atoms with Crippen LogP contribution in [0, 0.1) is 0 Å². The van der Waals surface area contributed by atoms with Gasteiger partial charge in [0.25, 0.3) is 5.91 Å². The van der Waals surface area contributed by atoms with E-state index in [0.717, 1.165) is 44.5 Å². The summed E-state index contributed by atoms with van der Waals surface area (Å²) in [6.07, 6.45) is 3.58. The number of likely N-dealkylation sites (tertiary alicyclic amines) is 2. The molecule has 2 aliphatic heterocycles. The first-order chi connectivity index (χ1) is 12.9. The third-order valence-corrected chi connectivity index (χ3v) is 6.20. The molecule has 1 atom stereocenters. The molecule has 2 aliphatic rings. The Bertz CT molecular complexity index is 623. The summed E-state index contributed by atoms with van der Waals surface area (Å²) in [4.78, 5) is 17.2. The molecular weight excluding hydrogens is 338 g/mol. The van der Waals surface area contributed by atoms with Crippen molar-refractivity contribution in [2.45, 2.75) is 63.6 Å². The standard InChI is InChI=1S/C22H35N3O2/c1-17(2)19-7-5-18(6-8-19)15-25-12-4-11-22(27,21(25)26)16-24-13-9-20(23-3)10-14-24/h5-8,17,20,23,27H,4,9-16H2,1-3H3/t22-/m0/s1. The van der Waals surface area contributed by atoms with E-state index in [-0.39, 0.29) is 5.91 Å². The summed E-state index contributed by atoms with van der Waals surface area (Å²) in [5.74, 6) is 0.408. The number of hydrogen-bond donors (Lipinski definition) is 2. The zero-order valence-corrected chi connectivity index (χ0v) is 17.1. The van der Waals surface area contributed by atoms with Crippen molar-refractivity contribution in [3.05, 3.63) is 35.4 Å². The summed E-state index contributed by atoms with van der Waals surface area (Å²) in [5.41, 5.74) is 1.21. The maximum atomic E-state index is 13.1. The number of aliphatic hydroxyl groups is 1. The van der Waals surface area contributed by atoms with E-state index in [1.54, 1.807) is 0 Å². The summed E-state index contributed by atoms with van der Waals surface area (Å²) in [6.45, 7) is 8.03. The Balaban J connectivity index is 1.60. The highest BCUT2D eigenvalue weighted by Crippen LogP contribution is 2.27. The number of carbonyl (C=O) groups is 1. The van der Waals surface area contributed by atoms with Crippen molar-refractivity contribution in [1.82, 2.24) is 15.1 Å². The van der Waals surface area contributed by atoms with Gasteiger partial charge in [0.05, 0.1) is 0 Å². The molecule has 0 spiro atoms. The lowest BCUT2D eigenvalue weighted by Crippen LogP contribution is -2.59. The number of benzene rings is 1. The maximum absolute atomic E-state index is 13.1. The molecule has 1 aromatic carbocycles. The van der Waals surface area contributed by atoms with Crippen LogP contribution in [0.4, 0.5) is 0 Å². The van der Waals surface area contributed by atoms with Crippen LogP contribution in [-0.4, -0.2) is 65.7 Å². The van der Waals surface area contributed by atoms with Crippen LogP contribution in [0.1, 0.15) is 56.6 Å². The molecule has 1 amide bonds. The Kier molecular flexibility index (Phi) is 6.56. The molecule has 5 heteroatoms. The van der Waals surface area contributed by atoms with E-state index >= 15 is 0 Å². The molecule has 0 bridgehead atoms. The van der Waals surface area contributed by atoms with Crippen LogP contribution < -0.4 is 5.32 Å². The minimum Gasteiger partial charge on any atom is -0.379 e. The van der Waals surface area contributed by atoms with E-state index in [1.807, 2.05) is 11.9 Å². The molecule has 2 heterocycles. The Morgan fingerprint density at radius 1 is 1.19 bits per heavy atom. The van der Waals surface area contributed by atoms with Crippen LogP contribution in [0.25, 0.3) is 0 Å². The minimum atomic E-state index is -1.23. The second-order valence-corrected chi connectivity index (χ2v) is 8.60. The summed E-state index contributed by atoms with van der Waals surface area (Å²) >= 11 is 0. The van der Waals surface area contributed by atoms with E-state index < -0.39 is 5.60 Å². The zero-order valence-electron chi connectivity index (χ0n) is 17.1. The van der Waals surface area contributed by atoms with E-state index in [1.165, 1.54) is 5.56 Å². The lowest BCUT2D eigenvalue weighted by molar-refractivity contribution is -0.160. The van der Waals surface area contributed by atoms with Crippen molar-refractivity contribution in [2.24, 2.45) is 0 Å². The molecule has 0 radical (unpaired) electrons. The summed E-state index contributed by atoms with van der Waals surface area (Å²) < 4.78 is 0. The number of β-amino-alcohol motifs (C(OH)–C–C–N with tert-alkyl or cyclic N) is 1. The van der Waals surface area contributed by atoms with E-state index in [2.05, 4.69) is 48.3 Å². The van der Waals surface area contributed by atoms with Gasteiger partial charge in [-0.25, -0.2) is 0 Å². The first kappa shape index (κ1) is 20.3. The SMILES string of the molecule is CNC1CCN(C[C@@]2(O)CCCN(Cc3ccc(C(C)C)cc3)C2=O)CC1. The molecule has 5 nitrogen and oxygen atoms in total. The Morgan fingerprint density at radius 2 is 1.85 bits per heavy atom. The van der Waals surface area contributed by atoms with Crippen LogP contribution in [-0.2, 0) is 11.3 Å². The lowest BCUT2D eigenvalue weighted by Gasteiger charge is -2.42. The van der Waals surface area contributed by atoms with E-state index in [0.29, 0.717) is 31.5 Å². The second-order valence-electron chi connectivity index (χ2n) is 8.60. The minimum absolute atomic E-state index is 0.0996. The monoisotopic (exact) mass is 373 g/mol. The molecular formula is C22H35N3O2. The van der Waals surface area contributed by atoms with Gasteiger partial charge in [-0.05, 0) is 62.9 Å². The molecule has 0 aromatic heterocycles. The quantitative estimate of drug-likeness (QED) is 0.804. The van der Waals surface area contributed by atoms with Gasteiger partial charge in [0.15, 0.2) is 5.60 Å². The van der Waals surface area contributed by atoms with Crippen molar-refractivity contribution in [1.29, 1.82) is 0 Å². The number of piperidine rings is 2. The average molecular weight is 374 g/mol.